The number of ketones is 1. The van der Waals surface area contributed by atoms with Gasteiger partial charge in [0.05, 0.1) is 16.8 Å². The third-order valence-electron chi connectivity index (χ3n) is 3.34. The Morgan fingerprint density at radius 3 is 2.59 bits per heavy atom. The van der Waals surface area contributed by atoms with Gasteiger partial charge < -0.3 is 0 Å². The van der Waals surface area contributed by atoms with E-state index in [0.29, 0.717) is 5.69 Å². The van der Waals surface area contributed by atoms with Gasteiger partial charge in [-0.25, -0.2) is 4.39 Å². The summed E-state index contributed by atoms with van der Waals surface area (Å²) < 4.78 is 15.3. The summed E-state index contributed by atoms with van der Waals surface area (Å²) >= 11 is 5.56. The number of amides is 1. The van der Waals surface area contributed by atoms with Crippen LogP contribution in [0, 0.1) is 12.7 Å². The SMILES string of the molecule is Cc1nn(C)c(N(C)C(=O)CCl)c1C(=O)c1ccccc1F. The number of carbonyl (C=O) groups excluding carboxylic acids is 2. The van der Waals surface area contributed by atoms with Crippen molar-refractivity contribution in [2.45, 2.75) is 6.92 Å². The van der Waals surface area contributed by atoms with Crippen LogP contribution < -0.4 is 4.90 Å². The lowest BCUT2D eigenvalue weighted by Crippen LogP contribution is -2.30. The van der Waals surface area contributed by atoms with Crippen molar-refractivity contribution in [1.82, 2.24) is 9.78 Å². The van der Waals surface area contributed by atoms with Crippen LogP contribution in [0.3, 0.4) is 0 Å². The zero-order chi connectivity index (χ0) is 16.4. The van der Waals surface area contributed by atoms with E-state index in [4.69, 9.17) is 11.6 Å². The van der Waals surface area contributed by atoms with E-state index in [1.807, 2.05) is 0 Å². The summed E-state index contributed by atoms with van der Waals surface area (Å²) in [5.41, 5.74) is 0.542. The van der Waals surface area contributed by atoms with Crippen LogP contribution in [0.4, 0.5) is 10.2 Å². The van der Waals surface area contributed by atoms with E-state index < -0.39 is 11.6 Å². The molecule has 1 amide bonds. The number of alkyl halides is 1. The number of aromatic nitrogens is 2. The Morgan fingerprint density at radius 1 is 1.36 bits per heavy atom. The molecular formula is C15H15ClFN3O2. The fourth-order valence-electron chi connectivity index (χ4n) is 2.28. The Balaban J connectivity index is 2.59. The molecule has 2 rings (SSSR count). The van der Waals surface area contributed by atoms with Crippen molar-refractivity contribution in [3.63, 3.8) is 0 Å². The van der Waals surface area contributed by atoms with E-state index in [1.165, 1.54) is 34.8 Å². The molecule has 0 aliphatic rings. The van der Waals surface area contributed by atoms with Gasteiger partial charge >= 0.3 is 0 Å². The number of rotatable bonds is 4. The molecule has 0 saturated heterocycles. The molecule has 0 bridgehead atoms. The summed E-state index contributed by atoms with van der Waals surface area (Å²) in [4.78, 5) is 25.7. The van der Waals surface area contributed by atoms with Crippen LogP contribution in [-0.2, 0) is 11.8 Å². The second-order valence-electron chi connectivity index (χ2n) is 4.80. The molecule has 0 radical (unpaired) electrons. The van der Waals surface area contributed by atoms with E-state index in [0.717, 1.165) is 0 Å². The lowest BCUT2D eigenvalue weighted by molar-refractivity contribution is -0.116. The number of hydrogen-bond acceptors (Lipinski definition) is 3. The Hall–Kier alpha value is -2.21. The van der Waals surface area contributed by atoms with Crippen molar-refractivity contribution in [2.75, 3.05) is 17.8 Å². The van der Waals surface area contributed by atoms with Gasteiger partial charge in [0, 0.05) is 14.1 Å². The highest BCUT2D eigenvalue weighted by Crippen LogP contribution is 2.26. The third-order valence-corrected chi connectivity index (χ3v) is 3.57. The predicted octanol–water partition coefficient (Wildman–Crippen LogP) is 2.30. The Kier molecular flexibility index (Phi) is 4.61. The molecule has 22 heavy (non-hydrogen) atoms. The first-order valence-corrected chi connectivity index (χ1v) is 7.07. The largest absolute Gasteiger partial charge is 0.299 e. The third kappa shape index (κ3) is 2.74. The number of benzene rings is 1. The molecule has 116 valence electrons. The molecule has 0 saturated carbocycles. The van der Waals surface area contributed by atoms with Crippen LogP contribution >= 0.6 is 11.6 Å². The van der Waals surface area contributed by atoms with Gasteiger partial charge in [-0.1, -0.05) is 12.1 Å². The smallest absolute Gasteiger partial charge is 0.242 e. The average Bonchev–Trinajstić information content (AvgIpc) is 2.79. The van der Waals surface area contributed by atoms with Crippen molar-refractivity contribution < 1.29 is 14.0 Å². The minimum atomic E-state index is -0.618. The molecule has 0 atom stereocenters. The molecular weight excluding hydrogens is 309 g/mol. The lowest BCUT2D eigenvalue weighted by Gasteiger charge is -2.17. The maximum Gasteiger partial charge on any atom is 0.242 e. The van der Waals surface area contributed by atoms with Crippen molar-refractivity contribution >= 4 is 29.1 Å². The molecule has 1 heterocycles. The van der Waals surface area contributed by atoms with E-state index in [2.05, 4.69) is 5.10 Å². The number of nitrogens with zero attached hydrogens (tertiary/aromatic N) is 3. The number of hydrogen-bond donors (Lipinski definition) is 0. The van der Waals surface area contributed by atoms with E-state index in [1.54, 1.807) is 20.0 Å². The molecule has 2 aromatic rings. The maximum atomic E-state index is 13.9. The highest BCUT2D eigenvalue weighted by molar-refractivity contribution is 6.29. The number of halogens is 2. The molecule has 1 aromatic carbocycles. The van der Waals surface area contributed by atoms with Gasteiger partial charge in [-0.2, -0.15) is 5.10 Å². The van der Waals surface area contributed by atoms with Crippen LogP contribution in [0.1, 0.15) is 21.6 Å². The van der Waals surface area contributed by atoms with E-state index in [9.17, 15) is 14.0 Å². The van der Waals surface area contributed by atoms with Crippen LogP contribution in [0.15, 0.2) is 24.3 Å². The first-order chi connectivity index (χ1) is 10.4. The molecule has 0 aliphatic heterocycles. The molecule has 7 heteroatoms. The highest BCUT2D eigenvalue weighted by atomic mass is 35.5. The fraction of sp³-hybridized carbons (Fsp3) is 0.267. The van der Waals surface area contributed by atoms with Gasteiger partial charge in [-0.3, -0.25) is 19.2 Å². The van der Waals surface area contributed by atoms with Crippen molar-refractivity contribution in [1.29, 1.82) is 0 Å². The Labute approximate surface area is 132 Å². The molecule has 0 N–H and O–H groups in total. The van der Waals surface area contributed by atoms with Gasteiger partial charge in [0.1, 0.15) is 17.5 Å². The topological polar surface area (TPSA) is 55.2 Å². The van der Waals surface area contributed by atoms with Gasteiger partial charge in [0.15, 0.2) is 0 Å². The molecule has 5 nitrogen and oxygen atoms in total. The summed E-state index contributed by atoms with van der Waals surface area (Å²) in [6, 6.07) is 5.70. The Morgan fingerprint density at radius 2 is 2.00 bits per heavy atom. The second kappa shape index (κ2) is 6.27. The lowest BCUT2D eigenvalue weighted by atomic mass is 10.0. The van der Waals surface area contributed by atoms with Gasteiger partial charge in [-0.05, 0) is 19.1 Å². The fourth-order valence-corrected chi connectivity index (χ4v) is 2.46. The quantitative estimate of drug-likeness (QED) is 0.641. The van der Waals surface area contributed by atoms with Gasteiger partial charge in [0.2, 0.25) is 11.7 Å². The van der Waals surface area contributed by atoms with Gasteiger partial charge in [0.25, 0.3) is 0 Å². The highest BCUT2D eigenvalue weighted by Gasteiger charge is 2.27. The van der Waals surface area contributed by atoms with Gasteiger partial charge in [-0.15, -0.1) is 11.6 Å². The first kappa shape index (κ1) is 16.2. The predicted molar refractivity (Wildman–Crippen MR) is 81.9 cm³/mol. The molecule has 0 aliphatic carbocycles. The summed E-state index contributed by atoms with van der Waals surface area (Å²) in [7, 11) is 3.11. The summed E-state index contributed by atoms with van der Waals surface area (Å²) in [6.07, 6.45) is 0. The average molecular weight is 324 g/mol. The molecule has 0 spiro atoms. The van der Waals surface area contributed by atoms with Crippen LogP contribution in [-0.4, -0.2) is 34.4 Å². The van der Waals surface area contributed by atoms with Crippen molar-refractivity contribution in [3.8, 4) is 0 Å². The van der Waals surface area contributed by atoms with Crippen LogP contribution in [0.25, 0.3) is 0 Å². The van der Waals surface area contributed by atoms with E-state index >= 15 is 0 Å². The maximum absolute atomic E-state index is 13.9. The van der Waals surface area contributed by atoms with E-state index in [-0.39, 0.29) is 28.7 Å². The first-order valence-electron chi connectivity index (χ1n) is 6.53. The second-order valence-corrected chi connectivity index (χ2v) is 5.07. The van der Waals surface area contributed by atoms with Crippen LogP contribution in [0.5, 0.6) is 0 Å². The minimum absolute atomic E-state index is 0.0634. The van der Waals surface area contributed by atoms with Crippen molar-refractivity contribution in [3.05, 3.63) is 46.9 Å². The Bertz CT molecular complexity index is 742. The normalized spacial score (nSPS) is 10.6. The van der Waals surface area contributed by atoms with Crippen molar-refractivity contribution in [2.24, 2.45) is 7.05 Å². The number of aryl methyl sites for hydroxylation is 2. The summed E-state index contributed by atoms with van der Waals surface area (Å²) in [6.45, 7) is 1.64. The zero-order valence-corrected chi connectivity index (χ0v) is 13.2. The minimum Gasteiger partial charge on any atom is -0.299 e. The monoisotopic (exact) mass is 323 g/mol. The van der Waals surface area contributed by atoms with Crippen LogP contribution in [0.2, 0.25) is 0 Å². The zero-order valence-electron chi connectivity index (χ0n) is 12.4. The molecule has 0 fully saturated rings. The number of carbonyl (C=O) groups is 2. The standard InChI is InChI=1S/C15H15ClFN3O2/c1-9-13(14(22)10-6-4-5-7-11(10)17)15(20(3)18-9)19(2)12(21)8-16/h4-7H,8H2,1-3H3. The summed E-state index contributed by atoms with van der Waals surface area (Å²) in [5.74, 6) is -1.46. The number of anilines is 1. The summed E-state index contributed by atoms with van der Waals surface area (Å²) in [5, 5.41) is 4.16. The molecule has 1 aromatic heterocycles. The molecule has 0 unspecified atom stereocenters.